The largest absolute Gasteiger partial charge is 0.308 e. The minimum atomic E-state index is 0.713. The van der Waals surface area contributed by atoms with E-state index < -0.39 is 0 Å². The van der Waals surface area contributed by atoms with Crippen molar-refractivity contribution in [3.05, 3.63) is 29.8 Å². The van der Waals surface area contributed by atoms with Crippen LogP contribution in [0.1, 0.15) is 24.2 Å². The topological polar surface area (TPSA) is 60.6 Å². The summed E-state index contributed by atoms with van der Waals surface area (Å²) in [6.45, 7) is 1.67. The molecule has 1 aliphatic carbocycles. The number of hydrogen-bond donors (Lipinski definition) is 1. The van der Waals surface area contributed by atoms with Crippen molar-refractivity contribution in [2.75, 3.05) is 0 Å². The fourth-order valence-electron chi connectivity index (χ4n) is 1.94. The van der Waals surface area contributed by atoms with Gasteiger partial charge >= 0.3 is 0 Å². The van der Waals surface area contributed by atoms with Crippen molar-refractivity contribution in [1.82, 2.24) is 30.1 Å². The molecule has 0 spiro atoms. The highest BCUT2D eigenvalue weighted by Gasteiger charge is 2.20. The molecule has 0 atom stereocenters. The van der Waals surface area contributed by atoms with Crippen LogP contribution in [0.2, 0.25) is 0 Å². The second-order valence-electron chi connectivity index (χ2n) is 4.82. The van der Waals surface area contributed by atoms with Crippen LogP contribution >= 0.6 is 0 Å². The number of nitrogens with zero attached hydrogens (tertiary/aromatic N) is 5. The zero-order valence-electron chi connectivity index (χ0n) is 10.6. The van der Waals surface area contributed by atoms with Crippen LogP contribution in [0.5, 0.6) is 0 Å². The smallest absolute Gasteiger partial charge is 0.0964 e. The fraction of sp³-hybridized carbons (Fsp3) is 0.583. The number of rotatable bonds is 6. The highest BCUT2D eigenvalue weighted by molar-refractivity contribution is 5.00. The van der Waals surface area contributed by atoms with E-state index in [0.717, 1.165) is 25.2 Å². The van der Waals surface area contributed by atoms with Gasteiger partial charge in [0, 0.05) is 50.7 Å². The number of aryl methyl sites for hydroxylation is 3. The molecule has 0 aromatic carbocycles. The van der Waals surface area contributed by atoms with E-state index >= 15 is 0 Å². The lowest BCUT2D eigenvalue weighted by atomic mass is 10.3. The van der Waals surface area contributed by atoms with E-state index in [1.165, 1.54) is 18.5 Å². The number of nitrogens with one attached hydrogen (secondary N) is 1. The summed E-state index contributed by atoms with van der Waals surface area (Å²) in [5, 5.41) is 15.9. The molecule has 2 aromatic rings. The first-order valence-electron chi connectivity index (χ1n) is 6.40. The van der Waals surface area contributed by atoms with E-state index in [1.807, 2.05) is 34.9 Å². The molecular formula is C12H18N6. The predicted molar refractivity (Wildman–Crippen MR) is 66.8 cm³/mol. The predicted octanol–water partition coefficient (Wildman–Crippen LogP) is 0.506. The van der Waals surface area contributed by atoms with Crippen LogP contribution in [0, 0.1) is 0 Å². The zero-order valence-corrected chi connectivity index (χ0v) is 10.6. The van der Waals surface area contributed by atoms with Crippen molar-refractivity contribution in [3.8, 4) is 0 Å². The summed E-state index contributed by atoms with van der Waals surface area (Å²) >= 11 is 0. The van der Waals surface area contributed by atoms with Crippen molar-refractivity contribution < 1.29 is 0 Å². The monoisotopic (exact) mass is 246 g/mol. The average molecular weight is 246 g/mol. The number of aromatic nitrogens is 5. The molecule has 0 unspecified atom stereocenters. The Labute approximate surface area is 106 Å². The standard InChI is InChI=1S/C12H18N6/c1-17-12(4-6-14-17)5-7-18-9-11(15-16-18)8-13-10-2-3-10/h4,6,9-10,13H,2-3,5,7-8H2,1H3. The SMILES string of the molecule is Cn1nccc1CCn1cc(CNC2CC2)nn1. The Morgan fingerprint density at radius 2 is 2.33 bits per heavy atom. The maximum absolute atomic E-state index is 4.17. The van der Waals surface area contributed by atoms with Gasteiger partial charge in [-0.15, -0.1) is 5.10 Å². The second-order valence-corrected chi connectivity index (χ2v) is 4.82. The zero-order chi connectivity index (χ0) is 12.4. The normalized spacial score (nSPS) is 15.2. The Hall–Kier alpha value is -1.69. The van der Waals surface area contributed by atoms with E-state index in [-0.39, 0.29) is 0 Å². The Balaban J connectivity index is 1.51. The van der Waals surface area contributed by atoms with Crippen LogP contribution in [0.15, 0.2) is 18.5 Å². The molecule has 1 N–H and O–H groups in total. The summed E-state index contributed by atoms with van der Waals surface area (Å²) in [4.78, 5) is 0. The minimum Gasteiger partial charge on any atom is -0.308 e. The molecule has 1 saturated carbocycles. The first-order valence-corrected chi connectivity index (χ1v) is 6.40. The van der Waals surface area contributed by atoms with E-state index in [4.69, 9.17) is 0 Å². The van der Waals surface area contributed by atoms with Crippen molar-refractivity contribution in [1.29, 1.82) is 0 Å². The Morgan fingerprint density at radius 3 is 3.06 bits per heavy atom. The van der Waals surface area contributed by atoms with Crippen LogP contribution in [-0.4, -0.2) is 30.8 Å². The van der Waals surface area contributed by atoms with Crippen LogP contribution < -0.4 is 5.32 Å². The Kier molecular flexibility index (Phi) is 3.10. The lowest BCUT2D eigenvalue weighted by Gasteiger charge is -2.01. The molecule has 1 fully saturated rings. The van der Waals surface area contributed by atoms with Crippen LogP contribution in [-0.2, 0) is 26.6 Å². The van der Waals surface area contributed by atoms with Gasteiger partial charge in [-0.1, -0.05) is 5.21 Å². The third-order valence-corrected chi connectivity index (χ3v) is 3.25. The minimum absolute atomic E-state index is 0.713. The van der Waals surface area contributed by atoms with Gasteiger partial charge in [0.1, 0.15) is 0 Å². The molecule has 0 radical (unpaired) electrons. The summed E-state index contributed by atoms with van der Waals surface area (Å²) in [7, 11) is 1.96. The maximum Gasteiger partial charge on any atom is 0.0964 e. The van der Waals surface area contributed by atoms with Crippen molar-refractivity contribution >= 4 is 0 Å². The van der Waals surface area contributed by atoms with E-state index in [9.17, 15) is 0 Å². The molecule has 1 aliphatic rings. The third-order valence-electron chi connectivity index (χ3n) is 3.25. The molecule has 6 heteroatoms. The molecule has 96 valence electrons. The molecule has 6 nitrogen and oxygen atoms in total. The second kappa shape index (κ2) is 4.89. The first kappa shape index (κ1) is 11.4. The van der Waals surface area contributed by atoms with Gasteiger partial charge < -0.3 is 5.32 Å². The lowest BCUT2D eigenvalue weighted by Crippen LogP contribution is -2.15. The van der Waals surface area contributed by atoms with Crippen molar-refractivity contribution in [3.63, 3.8) is 0 Å². The molecule has 0 bridgehead atoms. The van der Waals surface area contributed by atoms with Crippen molar-refractivity contribution in [2.45, 2.75) is 38.4 Å². The van der Waals surface area contributed by atoms with Gasteiger partial charge in [-0.3, -0.25) is 9.36 Å². The summed E-state index contributed by atoms with van der Waals surface area (Å²) in [5.74, 6) is 0. The lowest BCUT2D eigenvalue weighted by molar-refractivity contribution is 0.567. The highest BCUT2D eigenvalue weighted by atomic mass is 15.4. The van der Waals surface area contributed by atoms with Crippen LogP contribution in [0.3, 0.4) is 0 Å². The van der Waals surface area contributed by atoms with Crippen molar-refractivity contribution in [2.24, 2.45) is 7.05 Å². The van der Waals surface area contributed by atoms with Gasteiger partial charge in [0.05, 0.1) is 5.69 Å². The van der Waals surface area contributed by atoms with E-state index in [2.05, 4.69) is 20.7 Å². The van der Waals surface area contributed by atoms with Gasteiger partial charge in [0.15, 0.2) is 0 Å². The molecule has 2 aromatic heterocycles. The maximum atomic E-state index is 4.17. The van der Waals surface area contributed by atoms with Gasteiger partial charge in [0.25, 0.3) is 0 Å². The molecule has 2 heterocycles. The first-order chi connectivity index (χ1) is 8.81. The summed E-state index contributed by atoms with van der Waals surface area (Å²) in [5.41, 5.74) is 2.23. The Bertz CT molecular complexity index is 510. The highest BCUT2D eigenvalue weighted by Crippen LogP contribution is 2.18. The average Bonchev–Trinajstić information content (AvgIpc) is 2.94. The summed E-state index contributed by atoms with van der Waals surface area (Å²) < 4.78 is 3.80. The van der Waals surface area contributed by atoms with E-state index in [0.29, 0.717) is 6.04 Å². The van der Waals surface area contributed by atoms with Gasteiger partial charge in [-0.25, -0.2) is 0 Å². The molecule has 0 aliphatic heterocycles. The molecule has 3 rings (SSSR count). The van der Waals surface area contributed by atoms with E-state index in [1.54, 1.807) is 0 Å². The molecule has 0 amide bonds. The quantitative estimate of drug-likeness (QED) is 0.806. The fourth-order valence-corrected chi connectivity index (χ4v) is 1.94. The van der Waals surface area contributed by atoms with Gasteiger partial charge in [-0.05, 0) is 18.9 Å². The molecule has 0 saturated heterocycles. The third kappa shape index (κ3) is 2.76. The molecular weight excluding hydrogens is 228 g/mol. The number of hydrogen-bond acceptors (Lipinski definition) is 4. The summed E-state index contributed by atoms with van der Waals surface area (Å²) in [6.07, 6.45) is 7.37. The Morgan fingerprint density at radius 1 is 1.44 bits per heavy atom. The van der Waals surface area contributed by atoms with Gasteiger partial charge in [-0.2, -0.15) is 5.10 Å². The summed E-state index contributed by atoms with van der Waals surface area (Å²) in [6, 6.07) is 2.75. The molecule has 18 heavy (non-hydrogen) atoms. The van der Waals surface area contributed by atoms with Gasteiger partial charge in [0.2, 0.25) is 0 Å². The van der Waals surface area contributed by atoms with Crippen LogP contribution in [0.25, 0.3) is 0 Å². The van der Waals surface area contributed by atoms with Crippen LogP contribution in [0.4, 0.5) is 0 Å².